The third kappa shape index (κ3) is 4.02. The Kier molecular flexibility index (Phi) is 5.94. The second-order valence-electron chi connectivity index (χ2n) is 8.65. The molecule has 2 bridgehead atoms. The molecule has 3 aromatic carbocycles. The van der Waals surface area contributed by atoms with Crippen LogP contribution in [0.15, 0.2) is 72.8 Å². The second-order valence-corrected chi connectivity index (χ2v) is 10.7. The Morgan fingerprint density at radius 2 is 1.43 bits per heavy atom. The van der Waals surface area contributed by atoms with E-state index >= 15 is 0 Å². The Hall–Kier alpha value is -3.49. The molecule has 0 aliphatic carbocycles. The Morgan fingerprint density at radius 3 is 1.94 bits per heavy atom. The number of fused-ring (bicyclic) bond motifs is 2. The summed E-state index contributed by atoms with van der Waals surface area (Å²) in [6.07, 6.45) is -0.731. The van der Waals surface area contributed by atoms with E-state index in [2.05, 4.69) is 0 Å². The van der Waals surface area contributed by atoms with Gasteiger partial charge in [0.05, 0.1) is 18.9 Å². The molecule has 8 heteroatoms. The number of methoxy groups -OCH3 is 1. The molecule has 0 unspecified atom stereocenters. The maximum atomic E-state index is 13.9. The summed E-state index contributed by atoms with van der Waals surface area (Å²) >= 11 is 0. The summed E-state index contributed by atoms with van der Waals surface area (Å²) in [6, 6.07) is 20.6. The monoisotopic (exact) mass is 493 g/mol. The minimum absolute atomic E-state index is 0.130. The summed E-state index contributed by atoms with van der Waals surface area (Å²) in [4.78, 5) is 0. The summed E-state index contributed by atoms with van der Waals surface area (Å²) in [5.74, 6) is 0.940. The summed E-state index contributed by atoms with van der Waals surface area (Å²) < 4.78 is 40.8. The van der Waals surface area contributed by atoms with Gasteiger partial charge in [-0.25, -0.2) is 8.42 Å². The van der Waals surface area contributed by atoms with Crippen LogP contribution in [0.3, 0.4) is 0 Å². The van der Waals surface area contributed by atoms with E-state index in [0.29, 0.717) is 17.9 Å². The van der Waals surface area contributed by atoms with Crippen molar-refractivity contribution in [1.82, 2.24) is 0 Å². The Bertz CT molecular complexity index is 1350. The van der Waals surface area contributed by atoms with Gasteiger partial charge in [-0.2, -0.15) is 0 Å². The minimum Gasteiger partial charge on any atom is -0.508 e. The van der Waals surface area contributed by atoms with Crippen LogP contribution in [0.4, 0.5) is 5.69 Å². The molecule has 2 heterocycles. The summed E-state index contributed by atoms with van der Waals surface area (Å²) in [6.45, 7) is 2.10. The highest BCUT2D eigenvalue weighted by atomic mass is 32.2. The summed E-state index contributed by atoms with van der Waals surface area (Å²) in [7, 11) is -2.20. The van der Waals surface area contributed by atoms with E-state index < -0.39 is 27.5 Å². The number of benzene rings is 3. The SMILES string of the molecule is CCN(c1ccc(OC)cc1)S(=O)(=O)[C@@H]1C[C@@H]2O[C@H]1C(c1ccc(O)cc1)=C2c1ccc(O)cc1. The van der Waals surface area contributed by atoms with Gasteiger partial charge in [0.2, 0.25) is 10.0 Å². The van der Waals surface area contributed by atoms with Gasteiger partial charge < -0.3 is 19.7 Å². The van der Waals surface area contributed by atoms with Crippen molar-refractivity contribution >= 4 is 26.9 Å². The van der Waals surface area contributed by atoms with E-state index in [1.54, 1.807) is 67.8 Å². The Labute approximate surface area is 204 Å². The van der Waals surface area contributed by atoms with E-state index in [0.717, 1.165) is 22.3 Å². The number of hydrogen-bond acceptors (Lipinski definition) is 6. The molecular formula is C27H27NO6S. The zero-order valence-electron chi connectivity index (χ0n) is 19.5. The number of rotatable bonds is 7. The molecule has 2 N–H and O–H groups in total. The molecule has 2 aliphatic rings. The molecule has 1 saturated heterocycles. The van der Waals surface area contributed by atoms with Gasteiger partial charge in [-0.05, 0) is 84.1 Å². The average Bonchev–Trinajstić information content (AvgIpc) is 3.46. The van der Waals surface area contributed by atoms with Crippen LogP contribution in [0.1, 0.15) is 24.5 Å². The first-order valence-electron chi connectivity index (χ1n) is 11.5. The van der Waals surface area contributed by atoms with Crippen LogP contribution >= 0.6 is 0 Å². The largest absolute Gasteiger partial charge is 0.508 e. The lowest BCUT2D eigenvalue weighted by Gasteiger charge is -2.31. The van der Waals surface area contributed by atoms with E-state index in [1.807, 2.05) is 19.1 Å². The van der Waals surface area contributed by atoms with Crippen molar-refractivity contribution in [1.29, 1.82) is 0 Å². The third-order valence-corrected chi connectivity index (χ3v) is 8.97. The molecule has 2 aliphatic heterocycles. The number of ether oxygens (including phenoxy) is 2. The second kappa shape index (κ2) is 8.94. The van der Waals surface area contributed by atoms with Gasteiger partial charge in [-0.1, -0.05) is 24.3 Å². The fourth-order valence-corrected chi connectivity index (χ4v) is 7.10. The number of phenols is 2. The number of anilines is 1. The van der Waals surface area contributed by atoms with Crippen LogP contribution in [0.5, 0.6) is 17.2 Å². The van der Waals surface area contributed by atoms with Crippen molar-refractivity contribution in [3.05, 3.63) is 83.9 Å². The zero-order chi connectivity index (χ0) is 24.7. The molecule has 0 saturated carbocycles. The van der Waals surface area contributed by atoms with Gasteiger partial charge in [-0.15, -0.1) is 0 Å². The van der Waals surface area contributed by atoms with Crippen molar-refractivity contribution in [2.45, 2.75) is 30.8 Å². The molecule has 0 radical (unpaired) electrons. The predicted octanol–water partition coefficient (Wildman–Crippen LogP) is 4.41. The maximum absolute atomic E-state index is 13.9. The fraction of sp³-hybridized carbons (Fsp3) is 0.259. The average molecular weight is 494 g/mol. The van der Waals surface area contributed by atoms with Gasteiger partial charge in [0, 0.05) is 6.54 Å². The van der Waals surface area contributed by atoms with Crippen molar-refractivity contribution in [2.24, 2.45) is 0 Å². The quantitative estimate of drug-likeness (QED) is 0.506. The maximum Gasteiger partial charge on any atom is 0.241 e. The van der Waals surface area contributed by atoms with Crippen LogP contribution in [0, 0.1) is 0 Å². The van der Waals surface area contributed by atoms with E-state index in [9.17, 15) is 18.6 Å². The van der Waals surface area contributed by atoms with Crippen molar-refractivity contribution in [3.63, 3.8) is 0 Å². The fourth-order valence-electron chi connectivity index (χ4n) is 5.06. The van der Waals surface area contributed by atoms with E-state index in [4.69, 9.17) is 9.47 Å². The third-order valence-electron chi connectivity index (χ3n) is 6.69. The van der Waals surface area contributed by atoms with Crippen molar-refractivity contribution < 1.29 is 28.1 Å². The number of sulfonamides is 1. The molecule has 3 atom stereocenters. The van der Waals surface area contributed by atoms with Gasteiger partial charge >= 0.3 is 0 Å². The first-order valence-corrected chi connectivity index (χ1v) is 13.0. The summed E-state index contributed by atoms with van der Waals surface area (Å²) in [5.41, 5.74) is 3.96. The first-order chi connectivity index (χ1) is 16.8. The predicted molar refractivity (Wildman–Crippen MR) is 135 cm³/mol. The van der Waals surface area contributed by atoms with Crippen LogP contribution in [-0.2, 0) is 14.8 Å². The Morgan fingerprint density at radius 1 is 0.886 bits per heavy atom. The normalized spacial score (nSPS) is 21.4. The molecule has 35 heavy (non-hydrogen) atoms. The minimum atomic E-state index is -3.77. The topological polar surface area (TPSA) is 96.3 Å². The highest BCUT2D eigenvalue weighted by Crippen LogP contribution is 2.51. The number of phenolic OH excluding ortho intramolecular Hbond substituents is 2. The number of nitrogens with zero attached hydrogens (tertiary/aromatic N) is 1. The standard InChI is InChI=1S/C27H27NO6S/c1-3-28(19-8-14-22(33-2)15-9-19)35(31,32)24-16-23-25(17-4-10-20(29)11-5-17)26(27(24)34-23)18-6-12-21(30)13-7-18/h4-15,23-24,27,29-30H,3,16H2,1-2H3/t23-,24+,27+/m0/s1. The van der Waals surface area contributed by atoms with Crippen molar-refractivity contribution in [2.75, 3.05) is 18.0 Å². The Balaban J connectivity index is 1.58. The van der Waals surface area contributed by atoms with Gasteiger partial charge in [0.1, 0.15) is 28.6 Å². The molecule has 0 spiro atoms. The highest BCUT2D eigenvalue weighted by Gasteiger charge is 2.54. The van der Waals surface area contributed by atoms with E-state index in [1.165, 1.54) is 4.31 Å². The molecule has 5 rings (SSSR count). The molecule has 1 fully saturated rings. The van der Waals surface area contributed by atoms with Crippen molar-refractivity contribution in [3.8, 4) is 17.2 Å². The van der Waals surface area contributed by atoms with Crippen LogP contribution in [0.25, 0.3) is 11.1 Å². The summed E-state index contributed by atoms with van der Waals surface area (Å²) in [5, 5.41) is 18.8. The van der Waals surface area contributed by atoms with Crippen LogP contribution in [0.2, 0.25) is 0 Å². The molecule has 3 aromatic rings. The van der Waals surface area contributed by atoms with Gasteiger partial charge in [-0.3, -0.25) is 4.31 Å². The molecule has 0 aromatic heterocycles. The lowest BCUT2D eigenvalue weighted by molar-refractivity contribution is 0.128. The lowest BCUT2D eigenvalue weighted by Crippen LogP contribution is -2.43. The zero-order valence-corrected chi connectivity index (χ0v) is 20.3. The van der Waals surface area contributed by atoms with Crippen LogP contribution < -0.4 is 9.04 Å². The van der Waals surface area contributed by atoms with Gasteiger partial charge in [0.15, 0.2) is 0 Å². The molecule has 7 nitrogen and oxygen atoms in total. The number of hydrogen-bond donors (Lipinski definition) is 2. The molecular weight excluding hydrogens is 466 g/mol. The number of aromatic hydroxyl groups is 2. The highest BCUT2D eigenvalue weighted by molar-refractivity contribution is 7.93. The lowest BCUT2D eigenvalue weighted by atomic mass is 9.83. The smallest absolute Gasteiger partial charge is 0.241 e. The molecule has 182 valence electrons. The molecule has 0 amide bonds. The van der Waals surface area contributed by atoms with E-state index in [-0.39, 0.29) is 18.0 Å². The van der Waals surface area contributed by atoms with Gasteiger partial charge in [0.25, 0.3) is 0 Å². The first kappa shape index (κ1) is 23.3. The van der Waals surface area contributed by atoms with Crippen LogP contribution in [-0.4, -0.2) is 49.7 Å².